The topological polar surface area (TPSA) is 33.7 Å². The van der Waals surface area contributed by atoms with E-state index in [1.807, 2.05) is 13.8 Å². The van der Waals surface area contributed by atoms with Crippen molar-refractivity contribution in [2.45, 2.75) is 52.4 Å². The maximum atomic E-state index is 5.52. The van der Waals surface area contributed by atoms with Crippen molar-refractivity contribution in [3.8, 4) is 0 Å². The van der Waals surface area contributed by atoms with Crippen LogP contribution in [0.2, 0.25) is 0 Å². The van der Waals surface area contributed by atoms with Crippen LogP contribution in [0.15, 0.2) is 0 Å². The molecule has 0 aromatic carbocycles. The highest BCUT2D eigenvalue weighted by atomic mass is 16.7. The van der Waals surface area contributed by atoms with Crippen LogP contribution in [0.5, 0.6) is 0 Å². The van der Waals surface area contributed by atoms with Gasteiger partial charge in [0.05, 0.1) is 0 Å². The zero-order valence-electron chi connectivity index (χ0n) is 12.3. The first-order valence-corrected chi connectivity index (χ1v) is 7.45. The molecular weight excluding hydrogens is 228 g/mol. The SMILES string of the molecule is CCOC(CCNCC(C)N1CCCC1)OCC. The van der Waals surface area contributed by atoms with Gasteiger partial charge in [-0.05, 0) is 46.7 Å². The van der Waals surface area contributed by atoms with Gasteiger partial charge in [0.2, 0.25) is 0 Å². The van der Waals surface area contributed by atoms with Gasteiger partial charge in [0, 0.05) is 38.8 Å². The summed E-state index contributed by atoms with van der Waals surface area (Å²) in [6, 6.07) is 0.644. The van der Waals surface area contributed by atoms with E-state index in [0.29, 0.717) is 6.04 Å². The van der Waals surface area contributed by atoms with Crippen molar-refractivity contribution in [3.63, 3.8) is 0 Å². The number of hydrogen-bond acceptors (Lipinski definition) is 4. The monoisotopic (exact) mass is 258 g/mol. The molecule has 1 heterocycles. The maximum Gasteiger partial charge on any atom is 0.158 e. The van der Waals surface area contributed by atoms with Crippen molar-refractivity contribution >= 4 is 0 Å². The Morgan fingerprint density at radius 3 is 2.28 bits per heavy atom. The molecule has 0 aromatic rings. The molecule has 0 spiro atoms. The molecule has 1 atom stereocenters. The highest BCUT2D eigenvalue weighted by Gasteiger charge is 2.17. The Kier molecular flexibility index (Phi) is 8.59. The van der Waals surface area contributed by atoms with Crippen LogP contribution in [-0.4, -0.2) is 56.6 Å². The summed E-state index contributed by atoms with van der Waals surface area (Å²) in [7, 11) is 0. The molecule has 1 aliphatic heterocycles. The predicted molar refractivity (Wildman–Crippen MR) is 74.8 cm³/mol. The van der Waals surface area contributed by atoms with E-state index in [1.165, 1.54) is 25.9 Å². The van der Waals surface area contributed by atoms with Crippen LogP contribution in [0.25, 0.3) is 0 Å². The zero-order chi connectivity index (χ0) is 13.2. The van der Waals surface area contributed by atoms with Gasteiger partial charge >= 0.3 is 0 Å². The van der Waals surface area contributed by atoms with Gasteiger partial charge in [0.15, 0.2) is 6.29 Å². The van der Waals surface area contributed by atoms with Gasteiger partial charge in [0.1, 0.15) is 0 Å². The highest BCUT2D eigenvalue weighted by Crippen LogP contribution is 2.10. The third-order valence-corrected chi connectivity index (χ3v) is 3.47. The fourth-order valence-corrected chi connectivity index (χ4v) is 2.43. The lowest BCUT2D eigenvalue weighted by Gasteiger charge is -2.24. The smallest absolute Gasteiger partial charge is 0.158 e. The molecule has 1 saturated heterocycles. The summed E-state index contributed by atoms with van der Waals surface area (Å²) in [4.78, 5) is 2.57. The van der Waals surface area contributed by atoms with Gasteiger partial charge in [-0.2, -0.15) is 0 Å². The second-order valence-corrected chi connectivity index (χ2v) is 4.93. The Morgan fingerprint density at radius 1 is 1.11 bits per heavy atom. The quantitative estimate of drug-likeness (QED) is 0.479. The normalized spacial score (nSPS) is 18.7. The lowest BCUT2D eigenvalue weighted by atomic mass is 10.3. The zero-order valence-corrected chi connectivity index (χ0v) is 12.3. The molecular formula is C14H30N2O2. The van der Waals surface area contributed by atoms with Crippen LogP contribution in [0.3, 0.4) is 0 Å². The van der Waals surface area contributed by atoms with E-state index in [4.69, 9.17) is 9.47 Å². The Morgan fingerprint density at radius 2 is 1.72 bits per heavy atom. The van der Waals surface area contributed by atoms with E-state index in [0.717, 1.165) is 32.7 Å². The molecule has 1 N–H and O–H groups in total. The summed E-state index contributed by atoms with van der Waals surface area (Å²) in [5.41, 5.74) is 0. The van der Waals surface area contributed by atoms with Crippen molar-refractivity contribution in [1.29, 1.82) is 0 Å². The summed E-state index contributed by atoms with van der Waals surface area (Å²) in [6.07, 6.45) is 3.60. The second kappa shape index (κ2) is 9.73. The van der Waals surface area contributed by atoms with Gasteiger partial charge in [-0.3, -0.25) is 4.90 Å². The minimum Gasteiger partial charge on any atom is -0.353 e. The Labute approximate surface area is 112 Å². The summed E-state index contributed by atoms with van der Waals surface area (Å²) in [5, 5.41) is 3.51. The third kappa shape index (κ3) is 6.14. The predicted octanol–water partition coefficient (Wildman–Crippen LogP) is 1.85. The van der Waals surface area contributed by atoms with Crippen LogP contribution in [0, 0.1) is 0 Å². The molecule has 0 aromatic heterocycles. The Hall–Kier alpha value is -0.160. The van der Waals surface area contributed by atoms with E-state index >= 15 is 0 Å². The first kappa shape index (κ1) is 15.9. The Bertz CT molecular complexity index is 186. The average Bonchev–Trinajstić information content (AvgIpc) is 2.88. The van der Waals surface area contributed by atoms with Gasteiger partial charge < -0.3 is 14.8 Å². The molecule has 4 heteroatoms. The van der Waals surface area contributed by atoms with E-state index < -0.39 is 0 Å². The molecule has 1 rings (SSSR count). The molecule has 0 radical (unpaired) electrons. The molecule has 0 aliphatic carbocycles. The molecule has 1 aliphatic rings. The van der Waals surface area contributed by atoms with Gasteiger partial charge in [-0.15, -0.1) is 0 Å². The van der Waals surface area contributed by atoms with E-state index in [-0.39, 0.29) is 6.29 Å². The Balaban J connectivity index is 2.05. The fraction of sp³-hybridized carbons (Fsp3) is 1.00. The lowest BCUT2D eigenvalue weighted by molar-refractivity contribution is -0.138. The summed E-state index contributed by atoms with van der Waals surface area (Å²) >= 11 is 0. The minimum absolute atomic E-state index is 0.0467. The number of nitrogens with zero attached hydrogens (tertiary/aromatic N) is 1. The first-order valence-electron chi connectivity index (χ1n) is 7.45. The number of rotatable bonds is 10. The fourth-order valence-electron chi connectivity index (χ4n) is 2.43. The number of ether oxygens (including phenoxy) is 2. The molecule has 0 amide bonds. The van der Waals surface area contributed by atoms with Crippen LogP contribution >= 0.6 is 0 Å². The molecule has 0 saturated carbocycles. The van der Waals surface area contributed by atoms with Gasteiger partial charge in [-0.1, -0.05) is 0 Å². The summed E-state index contributed by atoms with van der Waals surface area (Å²) in [6.45, 7) is 12.3. The van der Waals surface area contributed by atoms with Crippen molar-refractivity contribution in [2.75, 3.05) is 39.4 Å². The van der Waals surface area contributed by atoms with Crippen molar-refractivity contribution < 1.29 is 9.47 Å². The van der Waals surface area contributed by atoms with Gasteiger partial charge in [0.25, 0.3) is 0 Å². The highest BCUT2D eigenvalue weighted by molar-refractivity contribution is 4.74. The van der Waals surface area contributed by atoms with E-state index in [1.54, 1.807) is 0 Å². The molecule has 108 valence electrons. The van der Waals surface area contributed by atoms with Crippen LogP contribution in [-0.2, 0) is 9.47 Å². The number of hydrogen-bond donors (Lipinski definition) is 1. The van der Waals surface area contributed by atoms with Gasteiger partial charge in [-0.25, -0.2) is 0 Å². The molecule has 1 unspecified atom stereocenters. The maximum absolute atomic E-state index is 5.52. The average molecular weight is 258 g/mol. The van der Waals surface area contributed by atoms with Crippen molar-refractivity contribution in [3.05, 3.63) is 0 Å². The molecule has 4 nitrogen and oxygen atoms in total. The molecule has 0 bridgehead atoms. The van der Waals surface area contributed by atoms with Crippen LogP contribution in [0.1, 0.15) is 40.0 Å². The van der Waals surface area contributed by atoms with Crippen molar-refractivity contribution in [2.24, 2.45) is 0 Å². The lowest BCUT2D eigenvalue weighted by Crippen LogP contribution is -2.39. The third-order valence-electron chi connectivity index (χ3n) is 3.47. The first-order chi connectivity index (χ1) is 8.77. The van der Waals surface area contributed by atoms with Crippen molar-refractivity contribution in [1.82, 2.24) is 10.2 Å². The summed E-state index contributed by atoms with van der Waals surface area (Å²) in [5.74, 6) is 0. The van der Waals surface area contributed by atoms with E-state index in [9.17, 15) is 0 Å². The number of nitrogens with one attached hydrogen (secondary N) is 1. The van der Waals surface area contributed by atoms with E-state index in [2.05, 4.69) is 17.1 Å². The molecule has 18 heavy (non-hydrogen) atoms. The number of likely N-dealkylation sites (tertiary alicyclic amines) is 1. The van der Waals surface area contributed by atoms with Crippen LogP contribution in [0.4, 0.5) is 0 Å². The largest absolute Gasteiger partial charge is 0.353 e. The summed E-state index contributed by atoms with van der Waals surface area (Å²) < 4.78 is 11.0. The van der Waals surface area contributed by atoms with Crippen LogP contribution < -0.4 is 5.32 Å². The second-order valence-electron chi connectivity index (χ2n) is 4.93. The minimum atomic E-state index is -0.0467. The molecule has 1 fully saturated rings. The standard InChI is InChI=1S/C14H30N2O2/c1-4-17-14(18-5-2)8-9-15-12-13(3)16-10-6-7-11-16/h13-15H,4-12H2,1-3H3.